The third kappa shape index (κ3) is 4.57. The normalized spacial score (nSPS) is 25.5. The van der Waals surface area contributed by atoms with Crippen LogP contribution >= 0.6 is 0 Å². The van der Waals surface area contributed by atoms with E-state index in [-0.39, 0.29) is 28.9 Å². The molecule has 5 aliphatic heterocycles. The van der Waals surface area contributed by atoms with Gasteiger partial charge < -0.3 is 14.7 Å². The van der Waals surface area contributed by atoms with Crippen molar-refractivity contribution in [3.8, 4) is 0 Å². The van der Waals surface area contributed by atoms with Crippen LogP contribution in [0.2, 0.25) is 0 Å². The van der Waals surface area contributed by atoms with Gasteiger partial charge in [-0.15, -0.1) is 0 Å². The van der Waals surface area contributed by atoms with E-state index in [0.29, 0.717) is 6.42 Å². The zero-order chi connectivity index (χ0) is 32.9. The second kappa shape index (κ2) is 10.6. The summed E-state index contributed by atoms with van der Waals surface area (Å²) in [5, 5.41) is 11.7. The summed E-state index contributed by atoms with van der Waals surface area (Å²) in [5.74, 6) is -0.745. The number of fused-ring (bicyclic) bond motifs is 10. The summed E-state index contributed by atoms with van der Waals surface area (Å²) < 4.78 is 43.4. The first-order valence-corrected chi connectivity index (χ1v) is 18.2. The molecular weight excluding hydrogens is 612 g/mol. The van der Waals surface area contributed by atoms with Crippen molar-refractivity contribution in [2.75, 3.05) is 18.0 Å². The van der Waals surface area contributed by atoms with Crippen LogP contribution < -0.4 is 4.90 Å². The van der Waals surface area contributed by atoms with Crippen LogP contribution in [0.5, 0.6) is 0 Å². The van der Waals surface area contributed by atoms with Gasteiger partial charge in [-0.1, -0.05) is 43.2 Å². The van der Waals surface area contributed by atoms with E-state index in [2.05, 4.69) is 72.7 Å². The first kappa shape index (κ1) is 30.5. The van der Waals surface area contributed by atoms with E-state index in [1.165, 1.54) is 39.4 Å². The molecule has 244 valence electrons. The van der Waals surface area contributed by atoms with Crippen LogP contribution in [0.15, 0.2) is 82.4 Å². The van der Waals surface area contributed by atoms with E-state index in [1.54, 1.807) is 6.07 Å². The zero-order valence-electron chi connectivity index (χ0n) is 27.1. The molecule has 5 aliphatic rings. The quantitative estimate of drug-likeness (QED) is 0.160. The zero-order valence-corrected chi connectivity index (χ0v) is 27.9. The number of unbranched alkanes of at least 4 members (excludes halogenated alkanes) is 2. The van der Waals surface area contributed by atoms with Crippen LogP contribution in [-0.4, -0.2) is 59.6 Å². The van der Waals surface area contributed by atoms with E-state index < -0.39 is 21.5 Å². The van der Waals surface area contributed by atoms with Crippen LogP contribution in [0.25, 0.3) is 10.8 Å². The molecule has 0 spiro atoms. The van der Waals surface area contributed by atoms with Crippen molar-refractivity contribution in [1.82, 2.24) is 0 Å². The number of aliphatic carboxylic acids is 1. The fourth-order valence-electron chi connectivity index (χ4n) is 9.31. The highest BCUT2D eigenvalue weighted by molar-refractivity contribution is 7.85. The molecule has 0 saturated heterocycles. The van der Waals surface area contributed by atoms with Gasteiger partial charge in [-0.05, 0) is 80.6 Å². The van der Waals surface area contributed by atoms with Crippen LogP contribution in [0.3, 0.4) is 0 Å². The molecule has 0 aromatic heterocycles. The lowest BCUT2D eigenvalue weighted by Crippen LogP contribution is -2.47. The number of anilines is 1. The van der Waals surface area contributed by atoms with Crippen molar-refractivity contribution >= 4 is 43.9 Å². The first-order chi connectivity index (χ1) is 22.4. The Labute approximate surface area is 275 Å². The molecule has 3 aromatic carbocycles. The van der Waals surface area contributed by atoms with Crippen molar-refractivity contribution in [3.05, 3.63) is 88.6 Å². The smallest absolute Gasteiger partial charge is 0.303 e. The number of nitrogens with zero attached hydrogens (tertiary/aromatic N) is 2. The molecule has 0 saturated carbocycles. The number of ether oxygens (including phenoxy) is 1. The summed E-state index contributed by atoms with van der Waals surface area (Å²) >= 11 is 0. The predicted octanol–water partition coefficient (Wildman–Crippen LogP) is 7.03. The fourth-order valence-corrected chi connectivity index (χ4v) is 9.82. The summed E-state index contributed by atoms with van der Waals surface area (Å²) in [5.41, 5.74) is 8.47. The lowest BCUT2D eigenvalue weighted by atomic mass is 9.71. The Bertz CT molecular complexity index is 2080. The van der Waals surface area contributed by atoms with Crippen molar-refractivity contribution < 1.29 is 32.2 Å². The Morgan fingerprint density at radius 2 is 1.83 bits per heavy atom. The Balaban J connectivity index is 1.29. The lowest BCUT2D eigenvalue weighted by Gasteiger charge is -2.43. The molecule has 9 heteroatoms. The van der Waals surface area contributed by atoms with Crippen molar-refractivity contribution in [3.63, 3.8) is 0 Å². The highest BCUT2D eigenvalue weighted by Crippen LogP contribution is 2.57. The molecule has 0 aliphatic carbocycles. The third-order valence-electron chi connectivity index (χ3n) is 11.3. The summed E-state index contributed by atoms with van der Waals surface area (Å²) in [6.07, 6.45) is 7.60. The molecule has 0 amide bonds. The average Bonchev–Trinajstić information content (AvgIpc) is 3.44. The maximum absolute atomic E-state index is 12.1. The summed E-state index contributed by atoms with van der Waals surface area (Å²) in [6, 6.07) is 18.1. The number of hydrogen-bond acceptors (Lipinski definition) is 5. The maximum atomic E-state index is 12.1. The monoisotopic (exact) mass is 653 g/mol. The summed E-state index contributed by atoms with van der Waals surface area (Å²) in [4.78, 5) is 13.7. The van der Waals surface area contributed by atoms with Crippen LogP contribution in [0, 0.1) is 0 Å². The highest BCUT2D eigenvalue weighted by atomic mass is 32.2. The van der Waals surface area contributed by atoms with Crippen molar-refractivity contribution in [1.29, 1.82) is 0 Å². The first-order valence-electron chi connectivity index (χ1n) is 16.8. The number of hydrogen-bond donors (Lipinski definition) is 2. The van der Waals surface area contributed by atoms with Crippen LogP contribution in [0.4, 0.5) is 11.4 Å². The van der Waals surface area contributed by atoms with Gasteiger partial charge in [0.15, 0.2) is 12.3 Å². The van der Waals surface area contributed by atoms with E-state index >= 15 is 0 Å². The number of carbonyl (C=O) groups is 1. The van der Waals surface area contributed by atoms with Crippen LogP contribution in [0.1, 0.15) is 76.8 Å². The molecule has 0 fully saturated rings. The Morgan fingerprint density at radius 1 is 1.02 bits per heavy atom. The molecular formula is C38H41N2O6S+. The molecule has 2 N–H and O–H groups in total. The summed E-state index contributed by atoms with van der Waals surface area (Å²) in [6.45, 7) is 8.28. The molecule has 5 heterocycles. The third-order valence-corrected chi connectivity index (χ3v) is 12.2. The topological polar surface area (TPSA) is 107 Å². The predicted molar refractivity (Wildman–Crippen MR) is 181 cm³/mol. The van der Waals surface area contributed by atoms with Gasteiger partial charge in [-0.2, -0.15) is 13.0 Å². The molecule has 3 aromatic rings. The second-order valence-electron chi connectivity index (χ2n) is 14.5. The van der Waals surface area contributed by atoms with Gasteiger partial charge in [0.1, 0.15) is 0 Å². The molecule has 8 rings (SSSR count). The highest BCUT2D eigenvalue weighted by Gasteiger charge is 2.55. The Morgan fingerprint density at radius 3 is 2.62 bits per heavy atom. The average molecular weight is 654 g/mol. The number of allylic oxidation sites excluding steroid dienone is 1. The van der Waals surface area contributed by atoms with Gasteiger partial charge in [0.25, 0.3) is 10.1 Å². The molecule has 3 unspecified atom stereocenters. The number of carboxylic acid groups (broad SMARTS) is 1. The molecule has 0 radical (unpaired) electrons. The van der Waals surface area contributed by atoms with E-state index in [9.17, 15) is 22.9 Å². The molecule has 0 bridgehead atoms. The number of carboxylic acids is 1. The van der Waals surface area contributed by atoms with E-state index in [1.807, 2.05) is 6.07 Å². The molecule has 8 nitrogen and oxygen atoms in total. The van der Waals surface area contributed by atoms with E-state index in [0.717, 1.165) is 67.7 Å². The Kier molecular flexibility index (Phi) is 6.89. The number of benzene rings is 3. The van der Waals surface area contributed by atoms with Gasteiger partial charge in [-0.25, -0.2) is 0 Å². The number of rotatable bonds is 7. The molecule has 3 atom stereocenters. The van der Waals surface area contributed by atoms with Crippen molar-refractivity contribution in [2.45, 2.75) is 93.7 Å². The minimum Gasteiger partial charge on any atom is -0.481 e. The maximum Gasteiger partial charge on any atom is 0.303 e. The van der Waals surface area contributed by atoms with Gasteiger partial charge in [0.05, 0.1) is 22.5 Å². The van der Waals surface area contributed by atoms with Crippen molar-refractivity contribution in [2.24, 2.45) is 0 Å². The SMILES string of the molecule is CC1(C)C2=[N+](CCC3OC4CCN5C(=C4C=C23)C(C)(CCCCCC(=O)O)c2c5ccc3ccccc23)c2ccc(S(=O)(=O)O)cc21. The van der Waals surface area contributed by atoms with Gasteiger partial charge in [0, 0.05) is 59.0 Å². The van der Waals surface area contributed by atoms with Crippen LogP contribution in [-0.2, 0) is 30.5 Å². The fraction of sp³-hybridized carbons (Fsp3) is 0.421. The minimum atomic E-state index is -4.34. The Hall–Kier alpha value is -3.79. The standard InChI is InChI=1S/C38H40N2O6S/c1-37(2)28-21-24(47(43,44)45)13-15-29(28)39-19-16-31-26(35(37)39)22-27-32(46-31)17-20-40-30-14-12-23-9-6-7-10-25(23)34(30)38(3,36(27)40)18-8-4-5-11-33(41)42/h6-7,9-10,12-15,21-22,31-32H,4-5,8,11,16-20H2,1-3H3,(H-,41,42,43,44,45)/p+1. The second-order valence-corrected chi connectivity index (χ2v) is 15.9. The van der Waals surface area contributed by atoms with Gasteiger partial charge >= 0.3 is 5.97 Å². The summed E-state index contributed by atoms with van der Waals surface area (Å²) in [7, 11) is -4.34. The minimum absolute atomic E-state index is 0.0212. The largest absolute Gasteiger partial charge is 0.481 e. The molecule has 47 heavy (non-hydrogen) atoms. The lowest BCUT2D eigenvalue weighted by molar-refractivity contribution is -0.445. The van der Waals surface area contributed by atoms with E-state index in [4.69, 9.17) is 4.74 Å². The van der Waals surface area contributed by atoms with Gasteiger partial charge in [-0.3, -0.25) is 9.35 Å². The van der Waals surface area contributed by atoms with Gasteiger partial charge in [0.2, 0.25) is 5.69 Å².